The van der Waals surface area contributed by atoms with Crippen LogP contribution in [0.1, 0.15) is 57.7 Å². The van der Waals surface area contributed by atoms with Crippen LogP contribution in [0.25, 0.3) is 0 Å². The zero-order chi connectivity index (χ0) is 27.7. The van der Waals surface area contributed by atoms with Crippen LogP contribution in [0.3, 0.4) is 0 Å². The summed E-state index contributed by atoms with van der Waals surface area (Å²) < 4.78 is 6.85. The second kappa shape index (κ2) is 13.6. The molecule has 0 aliphatic heterocycles. The number of rotatable bonds is 11. The molecule has 3 aromatic rings. The van der Waals surface area contributed by atoms with Gasteiger partial charge in [0, 0.05) is 23.5 Å². The zero-order valence-corrected chi connectivity index (χ0v) is 24.6. The summed E-state index contributed by atoms with van der Waals surface area (Å²) >= 11 is 3.52. The van der Waals surface area contributed by atoms with Crippen molar-refractivity contribution in [3.8, 4) is 5.75 Å². The summed E-state index contributed by atoms with van der Waals surface area (Å²) in [7, 11) is 0. The Labute approximate surface area is 235 Å². The molecule has 2 atom stereocenters. The van der Waals surface area contributed by atoms with Gasteiger partial charge in [0.05, 0.1) is 0 Å². The lowest BCUT2D eigenvalue weighted by Gasteiger charge is -2.32. The van der Waals surface area contributed by atoms with Crippen molar-refractivity contribution in [3.63, 3.8) is 0 Å². The van der Waals surface area contributed by atoms with Crippen LogP contribution >= 0.6 is 15.9 Å². The van der Waals surface area contributed by atoms with Gasteiger partial charge in [0.2, 0.25) is 5.91 Å². The van der Waals surface area contributed by atoms with Crippen molar-refractivity contribution in [2.45, 2.75) is 71.5 Å². The smallest absolute Gasteiger partial charge is 0.261 e. The number of carbonyl (C=O) groups is 2. The molecule has 1 N–H and O–H groups in total. The topological polar surface area (TPSA) is 58.6 Å². The Morgan fingerprint density at radius 2 is 1.61 bits per heavy atom. The number of nitrogens with zero attached hydrogens (tertiary/aromatic N) is 1. The summed E-state index contributed by atoms with van der Waals surface area (Å²) in [6.45, 7) is 10.6. The molecule has 3 aromatic carbocycles. The number of carbonyl (C=O) groups excluding carboxylic acids is 2. The van der Waals surface area contributed by atoms with Crippen molar-refractivity contribution in [2.75, 3.05) is 6.61 Å². The number of benzene rings is 3. The molecule has 5 nitrogen and oxygen atoms in total. The molecule has 0 aromatic heterocycles. The van der Waals surface area contributed by atoms with E-state index in [9.17, 15) is 9.59 Å². The Kier molecular flexibility index (Phi) is 10.5. The van der Waals surface area contributed by atoms with Crippen molar-refractivity contribution < 1.29 is 14.3 Å². The maximum Gasteiger partial charge on any atom is 0.261 e. The van der Waals surface area contributed by atoms with E-state index < -0.39 is 6.04 Å². The first kappa shape index (κ1) is 29.4. The van der Waals surface area contributed by atoms with Gasteiger partial charge in [-0.2, -0.15) is 0 Å². The molecular formula is C32H39BrN2O3. The van der Waals surface area contributed by atoms with Crippen LogP contribution in [0.4, 0.5) is 0 Å². The predicted molar refractivity (Wildman–Crippen MR) is 157 cm³/mol. The second-order valence-corrected chi connectivity index (χ2v) is 11.7. The molecule has 0 saturated heterocycles. The highest BCUT2D eigenvalue weighted by atomic mass is 79.9. The first-order chi connectivity index (χ1) is 18.1. The molecule has 0 aliphatic carbocycles. The van der Waals surface area contributed by atoms with Gasteiger partial charge in [0.1, 0.15) is 11.8 Å². The highest BCUT2D eigenvalue weighted by Gasteiger charge is 2.31. The van der Waals surface area contributed by atoms with Crippen molar-refractivity contribution in [3.05, 3.63) is 100 Å². The molecule has 0 heterocycles. The fraction of sp³-hybridized carbons (Fsp3) is 0.375. The van der Waals surface area contributed by atoms with E-state index in [0.29, 0.717) is 12.2 Å². The van der Waals surface area contributed by atoms with Gasteiger partial charge in [-0.1, -0.05) is 98.2 Å². The first-order valence-electron chi connectivity index (χ1n) is 13.2. The Hall–Kier alpha value is -3.12. The van der Waals surface area contributed by atoms with Crippen molar-refractivity contribution in [2.24, 2.45) is 0 Å². The van der Waals surface area contributed by atoms with Gasteiger partial charge < -0.3 is 15.0 Å². The number of nitrogens with one attached hydrogen (secondary N) is 1. The number of ether oxygens (including phenoxy) is 1. The van der Waals surface area contributed by atoms with Crippen LogP contribution in [0.5, 0.6) is 5.75 Å². The third kappa shape index (κ3) is 8.73. The minimum Gasteiger partial charge on any atom is -0.484 e. The normalized spacial score (nSPS) is 12.9. The Bertz CT molecular complexity index is 1190. The lowest BCUT2D eigenvalue weighted by atomic mass is 9.87. The quantitative estimate of drug-likeness (QED) is 0.276. The summed E-state index contributed by atoms with van der Waals surface area (Å²) in [5.74, 6) is 0.212. The van der Waals surface area contributed by atoms with E-state index in [1.54, 1.807) is 4.90 Å². The molecular weight excluding hydrogens is 540 g/mol. The number of amides is 2. The maximum atomic E-state index is 13.7. The zero-order valence-electron chi connectivity index (χ0n) is 23.0. The molecule has 0 aliphatic rings. The van der Waals surface area contributed by atoms with Crippen LogP contribution < -0.4 is 10.1 Å². The average molecular weight is 580 g/mol. The van der Waals surface area contributed by atoms with Gasteiger partial charge in [-0.25, -0.2) is 0 Å². The standard InChI is InChI=1S/C32H39BrN2O3/c1-6-23(2)34-31(37)29(20-24-11-8-7-9-12-24)35(21-25-13-10-14-27(33)19-25)30(36)22-38-28-17-15-26(16-18-28)32(3,4)5/h7-19,23,29H,6,20-22H2,1-5H3,(H,34,37). The highest BCUT2D eigenvalue weighted by Crippen LogP contribution is 2.24. The number of hydrogen-bond donors (Lipinski definition) is 1. The molecule has 0 bridgehead atoms. The van der Waals surface area contributed by atoms with Gasteiger partial charge in [0.25, 0.3) is 5.91 Å². The van der Waals surface area contributed by atoms with Crippen molar-refractivity contribution in [1.29, 1.82) is 0 Å². The Morgan fingerprint density at radius 3 is 2.21 bits per heavy atom. The summed E-state index contributed by atoms with van der Waals surface area (Å²) in [6, 6.07) is 24.8. The van der Waals surface area contributed by atoms with Crippen LogP contribution in [-0.2, 0) is 28.0 Å². The molecule has 202 valence electrons. The molecule has 6 heteroatoms. The van der Waals surface area contributed by atoms with Gasteiger partial charge in [-0.15, -0.1) is 0 Å². The monoisotopic (exact) mass is 578 g/mol. The lowest BCUT2D eigenvalue weighted by Crippen LogP contribution is -2.53. The van der Waals surface area contributed by atoms with Gasteiger partial charge in [-0.05, 0) is 59.7 Å². The van der Waals surface area contributed by atoms with Crippen LogP contribution in [0, 0.1) is 0 Å². The molecule has 2 amide bonds. The Balaban J connectivity index is 1.89. The molecule has 2 unspecified atom stereocenters. The van der Waals surface area contributed by atoms with Crippen LogP contribution in [-0.4, -0.2) is 35.4 Å². The molecule has 0 spiro atoms. The highest BCUT2D eigenvalue weighted by molar-refractivity contribution is 9.10. The average Bonchev–Trinajstić information content (AvgIpc) is 2.89. The molecule has 0 saturated carbocycles. The van der Waals surface area contributed by atoms with E-state index in [4.69, 9.17) is 4.74 Å². The number of halogens is 1. The van der Waals surface area contributed by atoms with E-state index in [2.05, 4.69) is 42.0 Å². The molecule has 0 fully saturated rings. The van der Waals surface area contributed by atoms with E-state index in [0.717, 1.165) is 22.0 Å². The lowest BCUT2D eigenvalue weighted by molar-refractivity contribution is -0.143. The fourth-order valence-corrected chi connectivity index (χ4v) is 4.55. The Morgan fingerprint density at radius 1 is 0.947 bits per heavy atom. The van der Waals surface area contributed by atoms with Crippen molar-refractivity contribution >= 4 is 27.7 Å². The fourth-order valence-electron chi connectivity index (χ4n) is 4.11. The summed E-state index contributed by atoms with van der Waals surface area (Å²) in [6.07, 6.45) is 1.21. The molecule has 38 heavy (non-hydrogen) atoms. The first-order valence-corrected chi connectivity index (χ1v) is 14.0. The largest absolute Gasteiger partial charge is 0.484 e. The summed E-state index contributed by atoms with van der Waals surface area (Å²) in [4.78, 5) is 29.0. The predicted octanol–water partition coefficient (Wildman–Crippen LogP) is 6.68. The summed E-state index contributed by atoms with van der Waals surface area (Å²) in [5, 5.41) is 3.09. The van der Waals surface area contributed by atoms with Gasteiger partial charge >= 0.3 is 0 Å². The van der Waals surface area contributed by atoms with Gasteiger partial charge in [0.15, 0.2) is 6.61 Å². The van der Waals surface area contributed by atoms with Crippen LogP contribution in [0.2, 0.25) is 0 Å². The summed E-state index contributed by atoms with van der Waals surface area (Å²) in [5.41, 5.74) is 3.14. The van der Waals surface area contributed by atoms with E-state index in [-0.39, 0.29) is 36.4 Å². The van der Waals surface area contributed by atoms with E-state index in [1.807, 2.05) is 92.7 Å². The SMILES string of the molecule is CCC(C)NC(=O)C(Cc1ccccc1)N(Cc1cccc(Br)c1)C(=O)COc1ccc(C(C)(C)C)cc1. The van der Waals surface area contributed by atoms with E-state index in [1.165, 1.54) is 5.56 Å². The third-order valence-corrected chi connectivity index (χ3v) is 7.09. The minimum atomic E-state index is -0.690. The minimum absolute atomic E-state index is 0.00109. The van der Waals surface area contributed by atoms with Crippen LogP contribution in [0.15, 0.2) is 83.3 Å². The van der Waals surface area contributed by atoms with E-state index >= 15 is 0 Å². The maximum absolute atomic E-state index is 13.7. The van der Waals surface area contributed by atoms with Crippen molar-refractivity contribution in [1.82, 2.24) is 10.2 Å². The third-order valence-electron chi connectivity index (χ3n) is 6.60. The second-order valence-electron chi connectivity index (χ2n) is 10.7. The number of hydrogen-bond acceptors (Lipinski definition) is 3. The van der Waals surface area contributed by atoms with Gasteiger partial charge in [-0.3, -0.25) is 9.59 Å². The molecule has 3 rings (SSSR count). The molecule has 0 radical (unpaired) electrons.